The molecule has 0 heterocycles. The van der Waals surface area contributed by atoms with Gasteiger partial charge < -0.3 is 14.6 Å². The average molecular weight is 334 g/mol. The van der Waals surface area contributed by atoms with Gasteiger partial charge in [-0.3, -0.25) is 0 Å². The molecule has 0 bridgehead atoms. The van der Waals surface area contributed by atoms with Gasteiger partial charge in [0.2, 0.25) is 5.79 Å². The first kappa shape index (κ1) is 20.7. The summed E-state index contributed by atoms with van der Waals surface area (Å²) in [7, 11) is 0. The monoisotopic (exact) mass is 334 g/mol. The van der Waals surface area contributed by atoms with Crippen LogP contribution < -0.4 is 4.74 Å². The van der Waals surface area contributed by atoms with Gasteiger partial charge in [-0.25, -0.2) is 0 Å². The van der Waals surface area contributed by atoms with Crippen molar-refractivity contribution < 1.29 is 14.6 Å². The molecule has 0 amide bonds. The zero-order valence-electron chi connectivity index (χ0n) is 15.2. The Bertz CT molecular complexity index is 418. The van der Waals surface area contributed by atoms with Crippen LogP contribution in [0.3, 0.4) is 0 Å². The Morgan fingerprint density at radius 1 is 1.00 bits per heavy atom. The Morgan fingerprint density at radius 3 is 2.25 bits per heavy atom. The summed E-state index contributed by atoms with van der Waals surface area (Å²) < 4.78 is 11.1. The molecule has 1 aromatic carbocycles. The lowest BCUT2D eigenvalue weighted by Crippen LogP contribution is -2.34. The largest absolute Gasteiger partial charge is 0.463 e. The fourth-order valence-corrected chi connectivity index (χ4v) is 2.66. The number of aliphatic hydroxyl groups is 1. The highest BCUT2D eigenvalue weighted by Crippen LogP contribution is 2.24. The van der Waals surface area contributed by atoms with Crippen LogP contribution in [-0.4, -0.2) is 24.1 Å². The highest BCUT2D eigenvalue weighted by Gasteiger charge is 2.26. The number of hydrogen-bond donors (Lipinski definition) is 1. The molecule has 3 nitrogen and oxygen atoms in total. The van der Waals surface area contributed by atoms with Crippen molar-refractivity contribution in [3.8, 4) is 5.75 Å². The predicted molar refractivity (Wildman–Crippen MR) is 100 cm³/mol. The number of ether oxygens (including phenoxy) is 2. The van der Waals surface area contributed by atoms with Gasteiger partial charge >= 0.3 is 0 Å². The van der Waals surface area contributed by atoms with Crippen LogP contribution >= 0.6 is 0 Å². The van der Waals surface area contributed by atoms with Crippen molar-refractivity contribution in [1.29, 1.82) is 0 Å². The van der Waals surface area contributed by atoms with Gasteiger partial charge in [0, 0.05) is 19.4 Å². The Morgan fingerprint density at radius 2 is 1.62 bits per heavy atom. The minimum Gasteiger partial charge on any atom is -0.463 e. The normalized spacial score (nSPS) is 13.4. The minimum absolute atomic E-state index is 0.604. The molecule has 1 unspecified atom stereocenters. The van der Waals surface area contributed by atoms with Crippen LogP contribution in [0.2, 0.25) is 0 Å². The number of unbranched alkanes of at least 4 members (excludes halogenated alkanes) is 6. The summed E-state index contributed by atoms with van der Waals surface area (Å²) in [6, 6.07) is 9.57. The second-order valence-corrected chi connectivity index (χ2v) is 6.30. The van der Waals surface area contributed by atoms with Crippen molar-refractivity contribution in [2.24, 2.45) is 0 Å². The van der Waals surface area contributed by atoms with Crippen molar-refractivity contribution in [1.82, 2.24) is 0 Å². The molecule has 0 aliphatic rings. The first-order valence-electron chi connectivity index (χ1n) is 9.35. The topological polar surface area (TPSA) is 38.7 Å². The Hall–Kier alpha value is -1.32. The summed E-state index contributed by atoms with van der Waals surface area (Å²) in [6.45, 7) is 7.10. The minimum atomic E-state index is -1.04. The molecule has 0 fully saturated rings. The lowest BCUT2D eigenvalue weighted by Gasteiger charge is -2.28. The maximum Gasteiger partial charge on any atom is 0.207 e. The molecule has 1 aromatic rings. The molecule has 0 saturated heterocycles. The number of hydrogen-bond acceptors (Lipinski definition) is 3. The molecule has 0 radical (unpaired) electrons. The predicted octanol–water partition coefficient (Wildman–Crippen LogP) is 5.49. The van der Waals surface area contributed by atoms with E-state index < -0.39 is 5.79 Å². The van der Waals surface area contributed by atoms with Crippen molar-refractivity contribution in [2.75, 3.05) is 13.2 Å². The molecular weight excluding hydrogens is 300 g/mol. The zero-order valence-corrected chi connectivity index (χ0v) is 15.2. The van der Waals surface area contributed by atoms with Gasteiger partial charge in [0.25, 0.3) is 0 Å². The standard InChI is InChI=1S/C21H34O3/c1-3-18-23-19-14-9-7-5-6-8-13-17-21(22,4-2)24-20-15-11-10-12-16-20/h3,10-12,15-16,22H,1,4-9,13-14,17-19H2,2H3. The fourth-order valence-electron chi connectivity index (χ4n) is 2.66. The smallest absolute Gasteiger partial charge is 0.207 e. The molecule has 1 atom stereocenters. The molecular formula is C21H34O3. The zero-order chi connectivity index (χ0) is 17.5. The van der Waals surface area contributed by atoms with Crippen LogP contribution in [0.15, 0.2) is 43.0 Å². The second kappa shape index (κ2) is 13.0. The van der Waals surface area contributed by atoms with Gasteiger partial charge in [-0.1, -0.05) is 63.3 Å². The van der Waals surface area contributed by atoms with Crippen LogP contribution in [0.5, 0.6) is 5.75 Å². The molecule has 0 aliphatic carbocycles. The van der Waals surface area contributed by atoms with Gasteiger partial charge in [-0.15, -0.1) is 6.58 Å². The van der Waals surface area contributed by atoms with Gasteiger partial charge in [0.05, 0.1) is 6.61 Å². The molecule has 0 aliphatic heterocycles. The molecule has 0 aromatic heterocycles. The van der Waals surface area contributed by atoms with E-state index >= 15 is 0 Å². The van der Waals surface area contributed by atoms with E-state index in [1.54, 1.807) is 6.08 Å². The lowest BCUT2D eigenvalue weighted by molar-refractivity contribution is -0.145. The van der Waals surface area contributed by atoms with Crippen LogP contribution in [0.25, 0.3) is 0 Å². The lowest BCUT2D eigenvalue weighted by atomic mass is 10.0. The van der Waals surface area contributed by atoms with Crippen molar-refractivity contribution in [3.05, 3.63) is 43.0 Å². The summed E-state index contributed by atoms with van der Waals surface area (Å²) in [5.41, 5.74) is 0. The molecule has 0 saturated carbocycles. The van der Waals surface area contributed by atoms with E-state index in [1.165, 1.54) is 25.7 Å². The molecule has 136 valence electrons. The summed E-state index contributed by atoms with van der Waals surface area (Å²) in [5.74, 6) is -0.301. The van der Waals surface area contributed by atoms with E-state index in [9.17, 15) is 5.11 Å². The van der Waals surface area contributed by atoms with Gasteiger partial charge in [-0.2, -0.15) is 0 Å². The van der Waals surface area contributed by atoms with E-state index in [4.69, 9.17) is 9.47 Å². The molecule has 0 spiro atoms. The van der Waals surface area contributed by atoms with E-state index in [1.807, 2.05) is 37.3 Å². The summed E-state index contributed by atoms with van der Waals surface area (Å²) in [5, 5.41) is 10.6. The summed E-state index contributed by atoms with van der Waals surface area (Å²) in [6.07, 6.45) is 11.3. The van der Waals surface area contributed by atoms with Crippen molar-refractivity contribution in [3.63, 3.8) is 0 Å². The third-order valence-electron chi connectivity index (χ3n) is 4.20. The molecule has 24 heavy (non-hydrogen) atoms. The van der Waals surface area contributed by atoms with E-state index in [2.05, 4.69) is 6.58 Å². The maximum atomic E-state index is 10.6. The van der Waals surface area contributed by atoms with Gasteiger partial charge in [0.15, 0.2) is 0 Å². The van der Waals surface area contributed by atoms with E-state index in [-0.39, 0.29) is 0 Å². The van der Waals surface area contributed by atoms with E-state index in [0.29, 0.717) is 19.4 Å². The van der Waals surface area contributed by atoms with Crippen molar-refractivity contribution >= 4 is 0 Å². The van der Waals surface area contributed by atoms with Crippen LogP contribution in [0.1, 0.15) is 64.7 Å². The second-order valence-electron chi connectivity index (χ2n) is 6.30. The quantitative estimate of drug-likeness (QED) is 0.262. The molecule has 1 rings (SSSR count). The van der Waals surface area contributed by atoms with Gasteiger partial charge in [-0.05, 0) is 25.0 Å². The van der Waals surface area contributed by atoms with Crippen molar-refractivity contribution in [2.45, 2.75) is 70.5 Å². The Kier molecular flexibility index (Phi) is 11.2. The number of rotatable bonds is 15. The molecule has 1 N–H and O–H groups in total. The van der Waals surface area contributed by atoms with Gasteiger partial charge in [0.1, 0.15) is 5.75 Å². The third kappa shape index (κ3) is 9.74. The maximum absolute atomic E-state index is 10.6. The fraction of sp³-hybridized carbons (Fsp3) is 0.619. The highest BCUT2D eigenvalue weighted by atomic mass is 16.6. The average Bonchev–Trinajstić information content (AvgIpc) is 2.60. The third-order valence-corrected chi connectivity index (χ3v) is 4.20. The van der Waals surface area contributed by atoms with Crippen LogP contribution in [0, 0.1) is 0 Å². The SMILES string of the molecule is C=CCOCCCCCCCCCC(O)(CC)Oc1ccccc1. The highest BCUT2D eigenvalue weighted by molar-refractivity contribution is 5.21. The van der Waals surface area contributed by atoms with Crippen LogP contribution in [-0.2, 0) is 4.74 Å². The van der Waals surface area contributed by atoms with E-state index in [0.717, 1.165) is 31.6 Å². The summed E-state index contributed by atoms with van der Waals surface area (Å²) in [4.78, 5) is 0. The first-order valence-corrected chi connectivity index (χ1v) is 9.35. The molecule has 3 heteroatoms. The Labute approximate surface area is 147 Å². The van der Waals surface area contributed by atoms with Crippen LogP contribution in [0.4, 0.5) is 0 Å². The number of benzene rings is 1. The first-order chi connectivity index (χ1) is 11.7. The Balaban J connectivity index is 2.05. The number of para-hydroxylation sites is 1. The summed E-state index contributed by atoms with van der Waals surface area (Å²) >= 11 is 0.